The van der Waals surface area contributed by atoms with Crippen molar-refractivity contribution < 1.29 is 18.0 Å². The molecule has 0 aromatic heterocycles. The molecule has 3 nitrogen and oxygen atoms in total. The van der Waals surface area contributed by atoms with Gasteiger partial charge in [-0.1, -0.05) is 0 Å². The Balaban J connectivity index is 2.40. The van der Waals surface area contributed by atoms with E-state index >= 15 is 0 Å². The van der Waals surface area contributed by atoms with Gasteiger partial charge in [0.1, 0.15) is 0 Å². The second-order valence-corrected chi connectivity index (χ2v) is 4.96. The average Bonchev–Trinajstić information content (AvgIpc) is 2.78. The maximum absolute atomic E-state index is 12.9. The van der Waals surface area contributed by atoms with E-state index < -0.39 is 17.3 Å². The smallest absolute Gasteiger partial charge is 0.312 e. The molecule has 1 aliphatic heterocycles. The van der Waals surface area contributed by atoms with Crippen LogP contribution in [0.2, 0.25) is 0 Å². The summed E-state index contributed by atoms with van der Waals surface area (Å²) in [5, 5.41) is 8.73. The highest BCUT2D eigenvalue weighted by Crippen LogP contribution is 2.35. The monoisotopic (exact) mass is 300 g/mol. The van der Waals surface area contributed by atoms with Gasteiger partial charge >= 0.3 is 6.18 Å². The molecule has 7 heteroatoms. The van der Waals surface area contributed by atoms with Crippen molar-refractivity contribution in [2.75, 3.05) is 17.2 Å². The third kappa shape index (κ3) is 2.75. The fourth-order valence-corrected chi connectivity index (χ4v) is 2.43. The molecule has 1 unspecified atom stereocenters. The number of alkyl halides is 3. The van der Waals surface area contributed by atoms with Crippen LogP contribution in [0.5, 0.6) is 0 Å². The Morgan fingerprint density at radius 1 is 1.45 bits per heavy atom. The van der Waals surface area contributed by atoms with E-state index in [1.807, 2.05) is 0 Å². The number of nitriles is 1. The Hall–Kier alpha value is -1.68. The first-order valence-electron chi connectivity index (χ1n) is 5.89. The minimum atomic E-state index is -4.62. The summed E-state index contributed by atoms with van der Waals surface area (Å²) in [6.45, 7) is 0.353. The molecule has 20 heavy (non-hydrogen) atoms. The lowest BCUT2D eigenvalue weighted by molar-refractivity contribution is -0.137. The van der Waals surface area contributed by atoms with Crippen molar-refractivity contribution in [1.29, 1.82) is 5.26 Å². The first-order valence-corrected chi connectivity index (χ1v) is 6.52. The Bertz CT molecular complexity index is 580. The van der Waals surface area contributed by atoms with Crippen LogP contribution >= 0.6 is 12.6 Å². The molecule has 1 amide bonds. The molecule has 0 saturated carbocycles. The van der Waals surface area contributed by atoms with Crippen molar-refractivity contribution >= 4 is 24.2 Å². The van der Waals surface area contributed by atoms with Crippen LogP contribution in [0.4, 0.5) is 18.9 Å². The van der Waals surface area contributed by atoms with Crippen molar-refractivity contribution in [2.24, 2.45) is 5.92 Å². The lowest BCUT2D eigenvalue weighted by Gasteiger charge is -2.19. The fraction of sp³-hybridized carbons (Fsp3) is 0.385. The zero-order valence-electron chi connectivity index (χ0n) is 10.3. The highest BCUT2D eigenvalue weighted by Gasteiger charge is 2.36. The molecule has 0 bridgehead atoms. The number of rotatable bonds is 2. The van der Waals surface area contributed by atoms with Gasteiger partial charge in [-0.3, -0.25) is 4.79 Å². The summed E-state index contributed by atoms with van der Waals surface area (Å²) in [5.74, 6) is 0.322. The number of nitrogens with zero attached hydrogens (tertiary/aromatic N) is 2. The van der Waals surface area contributed by atoms with Crippen LogP contribution in [-0.4, -0.2) is 18.2 Å². The summed E-state index contributed by atoms with van der Waals surface area (Å²) in [6, 6.07) is 4.84. The number of hydrogen-bond donors (Lipinski definition) is 1. The van der Waals surface area contributed by atoms with Gasteiger partial charge in [0.15, 0.2) is 0 Å². The molecular formula is C13H11F3N2OS. The van der Waals surface area contributed by atoms with E-state index in [2.05, 4.69) is 12.6 Å². The van der Waals surface area contributed by atoms with Crippen molar-refractivity contribution in [3.63, 3.8) is 0 Å². The summed E-state index contributed by atoms with van der Waals surface area (Å²) in [7, 11) is 0. The normalized spacial score (nSPS) is 19.2. The van der Waals surface area contributed by atoms with Gasteiger partial charge < -0.3 is 4.90 Å². The zero-order valence-corrected chi connectivity index (χ0v) is 11.2. The van der Waals surface area contributed by atoms with Gasteiger partial charge in [-0.25, -0.2) is 0 Å². The predicted octanol–water partition coefficient (Wildman–Crippen LogP) is 2.86. The molecule has 2 rings (SSSR count). The van der Waals surface area contributed by atoms with Crippen LogP contribution < -0.4 is 4.90 Å². The number of anilines is 1. The molecule has 1 fully saturated rings. The lowest BCUT2D eigenvalue weighted by Crippen LogP contribution is -2.25. The summed E-state index contributed by atoms with van der Waals surface area (Å²) < 4.78 is 38.6. The van der Waals surface area contributed by atoms with Crippen LogP contribution in [-0.2, 0) is 11.0 Å². The standard InChI is InChI=1S/C13H11F3N2OS/c14-13(15,16)11-4-10(2-1-9(11)5-17)18-6-8(7-20)3-12(18)19/h1-2,4,8,20H,3,6-7H2. The molecule has 0 spiro atoms. The van der Waals surface area contributed by atoms with Gasteiger partial charge in [0.2, 0.25) is 5.91 Å². The number of thiol groups is 1. The first-order chi connectivity index (χ1) is 9.36. The van der Waals surface area contributed by atoms with Crippen molar-refractivity contribution in [3.05, 3.63) is 29.3 Å². The van der Waals surface area contributed by atoms with Gasteiger partial charge in [-0.05, 0) is 29.9 Å². The van der Waals surface area contributed by atoms with Gasteiger partial charge in [-0.2, -0.15) is 31.1 Å². The molecule has 1 saturated heterocycles. The van der Waals surface area contributed by atoms with Gasteiger partial charge in [0, 0.05) is 18.7 Å². The quantitative estimate of drug-likeness (QED) is 0.854. The zero-order chi connectivity index (χ0) is 14.9. The fourth-order valence-electron chi connectivity index (χ4n) is 2.19. The Morgan fingerprint density at radius 2 is 2.15 bits per heavy atom. The number of halogens is 3. The first kappa shape index (κ1) is 14.7. The van der Waals surface area contributed by atoms with Gasteiger partial charge in [0.05, 0.1) is 17.2 Å². The van der Waals surface area contributed by atoms with E-state index in [4.69, 9.17) is 5.26 Å². The highest BCUT2D eigenvalue weighted by atomic mass is 32.1. The molecule has 1 aromatic carbocycles. The number of hydrogen-bond acceptors (Lipinski definition) is 3. The Morgan fingerprint density at radius 3 is 2.65 bits per heavy atom. The lowest BCUT2D eigenvalue weighted by atomic mass is 10.1. The highest BCUT2D eigenvalue weighted by molar-refractivity contribution is 7.80. The number of carbonyl (C=O) groups excluding carboxylic acids is 1. The maximum Gasteiger partial charge on any atom is 0.417 e. The molecule has 0 aliphatic carbocycles. The molecule has 1 heterocycles. The van der Waals surface area contributed by atoms with Crippen LogP contribution in [0, 0.1) is 17.2 Å². The molecule has 106 valence electrons. The molecule has 0 N–H and O–H groups in total. The van der Waals surface area contributed by atoms with Crippen molar-refractivity contribution in [1.82, 2.24) is 0 Å². The van der Waals surface area contributed by atoms with Crippen LogP contribution in [0.15, 0.2) is 18.2 Å². The van der Waals surface area contributed by atoms with E-state index in [0.29, 0.717) is 12.3 Å². The van der Waals surface area contributed by atoms with Crippen molar-refractivity contribution in [2.45, 2.75) is 12.6 Å². The van der Waals surface area contributed by atoms with Crippen LogP contribution in [0.3, 0.4) is 0 Å². The summed E-state index contributed by atoms with van der Waals surface area (Å²) in [6.07, 6.45) is -4.34. The van der Waals surface area contributed by atoms with E-state index in [-0.39, 0.29) is 23.9 Å². The minimum Gasteiger partial charge on any atom is -0.312 e. The second kappa shape index (κ2) is 5.37. The molecule has 1 aromatic rings. The summed E-state index contributed by atoms with van der Waals surface area (Å²) >= 11 is 4.11. The SMILES string of the molecule is N#Cc1ccc(N2CC(CS)CC2=O)cc1C(F)(F)F. The molecule has 1 atom stereocenters. The Kier molecular flexibility index (Phi) is 3.95. The third-order valence-electron chi connectivity index (χ3n) is 3.20. The summed E-state index contributed by atoms with van der Waals surface area (Å²) in [5.41, 5.74) is -1.29. The van der Waals surface area contributed by atoms with E-state index in [0.717, 1.165) is 12.1 Å². The summed E-state index contributed by atoms with van der Waals surface area (Å²) in [4.78, 5) is 13.1. The van der Waals surface area contributed by atoms with E-state index in [9.17, 15) is 18.0 Å². The average molecular weight is 300 g/mol. The van der Waals surface area contributed by atoms with Gasteiger partial charge in [-0.15, -0.1) is 0 Å². The number of amides is 1. The molecule has 0 radical (unpaired) electrons. The number of benzene rings is 1. The Labute approximate surface area is 119 Å². The molecule has 1 aliphatic rings. The third-order valence-corrected chi connectivity index (χ3v) is 3.72. The van der Waals surface area contributed by atoms with Crippen LogP contribution in [0.1, 0.15) is 17.5 Å². The minimum absolute atomic E-state index is 0.0378. The van der Waals surface area contributed by atoms with Gasteiger partial charge in [0.25, 0.3) is 0 Å². The second-order valence-electron chi connectivity index (χ2n) is 4.60. The van der Waals surface area contributed by atoms with Crippen LogP contribution in [0.25, 0.3) is 0 Å². The van der Waals surface area contributed by atoms with Crippen molar-refractivity contribution in [3.8, 4) is 6.07 Å². The van der Waals surface area contributed by atoms with E-state index in [1.54, 1.807) is 0 Å². The maximum atomic E-state index is 12.9. The van der Waals surface area contributed by atoms with E-state index in [1.165, 1.54) is 17.0 Å². The predicted molar refractivity (Wildman–Crippen MR) is 70.5 cm³/mol. The molecular weight excluding hydrogens is 289 g/mol. The topological polar surface area (TPSA) is 44.1 Å². The largest absolute Gasteiger partial charge is 0.417 e. The number of carbonyl (C=O) groups is 1.